The molecular weight excluding hydrogens is 256 g/mol. The third-order valence-corrected chi connectivity index (χ3v) is 7.96. The van der Waals surface area contributed by atoms with Gasteiger partial charge in [-0.15, -0.1) is 0 Å². The van der Waals surface area contributed by atoms with Crippen LogP contribution in [0.25, 0.3) is 0 Å². The molecule has 0 aromatic rings. The zero-order valence-electron chi connectivity index (χ0n) is 13.7. The van der Waals surface area contributed by atoms with Crippen LogP contribution in [0.5, 0.6) is 0 Å². The monoisotopic (exact) mass is 286 g/mol. The molecule has 0 bridgehead atoms. The van der Waals surface area contributed by atoms with Gasteiger partial charge >= 0.3 is 0 Å². The number of carbonyl (C=O) groups is 1. The number of ketones is 1. The van der Waals surface area contributed by atoms with Crippen LogP contribution >= 0.6 is 0 Å². The van der Waals surface area contributed by atoms with Crippen molar-refractivity contribution in [3.8, 4) is 0 Å². The van der Waals surface area contributed by atoms with E-state index in [1.165, 1.54) is 44.9 Å². The van der Waals surface area contributed by atoms with Gasteiger partial charge in [-0.3, -0.25) is 4.79 Å². The molecule has 0 radical (unpaired) electrons. The highest BCUT2D eigenvalue weighted by atomic mass is 16.1. The van der Waals surface area contributed by atoms with Gasteiger partial charge in [0.1, 0.15) is 5.78 Å². The van der Waals surface area contributed by atoms with Crippen LogP contribution in [0.15, 0.2) is 11.6 Å². The Hall–Kier alpha value is -0.590. The minimum atomic E-state index is 0.521. The van der Waals surface area contributed by atoms with Crippen LogP contribution in [-0.2, 0) is 4.79 Å². The van der Waals surface area contributed by atoms with Gasteiger partial charge in [0.15, 0.2) is 0 Å². The molecule has 6 atom stereocenters. The van der Waals surface area contributed by atoms with Crippen LogP contribution in [-0.4, -0.2) is 5.78 Å². The summed E-state index contributed by atoms with van der Waals surface area (Å²) in [6.45, 7) is 4.81. The summed E-state index contributed by atoms with van der Waals surface area (Å²) in [6.07, 6.45) is 13.8. The first-order valence-corrected chi connectivity index (χ1v) is 9.31. The fourth-order valence-corrected chi connectivity index (χ4v) is 6.98. The second-order valence-corrected chi connectivity index (χ2v) is 8.53. The van der Waals surface area contributed by atoms with E-state index in [-0.39, 0.29) is 0 Å². The third kappa shape index (κ3) is 1.99. The molecule has 1 heteroatoms. The molecule has 21 heavy (non-hydrogen) atoms. The molecule has 4 aliphatic rings. The molecule has 1 unspecified atom stereocenters. The lowest BCUT2D eigenvalue weighted by atomic mass is 9.50. The molecule has 4 aliphatic carbocycles. The summed E-state index contributed by atoms with van der Waals surface area (Å²) in [7, 11) is 0. The summed E-state index contributed by atoms with van der Waals surface area (Å²) < 4.78 is 0. The van der Waals surface area contributed by atoms with E-state index in [2.05, 4.69) is 19.9 Å². The van der Waals surface area contributed by atoms with Gasteiger partial charge in [0.05, 0.1) is 0 Å². The SMILES string of the molecule is C/C=C1\CC[C@H]2[C@@H]3CCC4CC(=O)CC[C@@H]4[C@H]3CC[C@]12C. The largest absolute Gasteiger partial charge is 0.300 e. The standard InChI is InChI=1S/C20H30O/c1-3-14-5-9-19-18-7-4-13-12-15(21)6-8-16(13)17(18)10-11-20(14,19)2/h3,13,16-19H,4-12H2,1-2H3/b14-3+/t13?,16-,17+,18+,19-,20+/m0/s1. The lowest BCUT2D eigenvalue weighted by Gasteiger charge is -2.54. The summed E-state index contributed by atoms with van der Waals surface area (Å²) >= 11 is 0. The highest BCUT2D eigenvalue weighted by Gasteiger charge is 2.54. The van der Waals surface area contributed by atoms with Gasteiger partial charge in [0.2, 0.25) is 0 Å². The molecule has 4 saturated carbocycles. The molecule has 0 aromatic carbocycles. The van der Waals surface area contributed by atoms with Crippen LogP contribution in [0.4, 0.5) is 0 Å². The van der Waals surface area contributed by atoms with Crippen LogP contribution in [0.1, 0.15) is 71.6 Å². The number of carbonyl (C=O) groups excluding carboxylic acids is 1. The number of Topliss-reactive ketones (excluding diaryl/α,β-unsaturated/α-hetero) is 1. The van der Waals surface area contributed by atoms with Gasteiger partial charge in [-0.2, -0.15) is 0 Å². The molecule has 4 fully saturated rings. The van der Waals surface area contributed by atoms with E-state index in [1.54, 1.807) is 5.57 Å². The first kappa shape index (κ1) is 14.0. The van der Waals surface area contributed by atoms with Crippen molar-refractivity contribution < 1.29 is 4.79 Å². The first-order valence-electron chi connectivity index (χ1n) is 9.31. The topological polar surface area (TPSA) is 17.1 Å². The molecule has 0 heterocycles. The van der Waals surface area contributed by atoms with E-state index in [1.807, 2.05) is 0 Å². The minimum absolute atomic E-state index is 0.521. The molecule has 4 rings (SSSR count). The van der Waals surface area contributed by atoms with Gasteiger partial charge in [0.25, 0.3) is 0 Å². The molecule has 0 saturated heterocycles. The molecular formula is C20H30O. The number of fused-ring (bicyclic) bond motifs is 5. The molecule has 0 spiro atoms. The maximum atomic E-state index is 11.8. The third-order valence-electron chi connectivity index (χ3n) is 7.96. The van der Waals surface area contributed by atoms with E-state index in [9.17, 15) is 4.79 Å². The van der Waals surface area contributed by atoms with Crippen LogP contribution in [0.3, 0.4) is 0 Å². The van der Waals surface area contributed by atoms with Gasteiger partial charge in [-0.1, -0.05) is 18.6 Å². The van der Waals surface area contributed by atoms with Crippen molar-refractivity contribution in [1.29, 1.82) is 0 Å². The van der Waals surface area contributed by atoms with Gasteiger partial charge < -0.3 is 0 Å². The lowest BCUT2D eigenvalue weighted by Crippen LogP contribution is -2.47. The Morgan fingerprint density at radius 3 is 2.67 bits per heavy atom. The van der Waals surface area contributed by atoms with E-state index in [4.69, 9.17) is 0 Å². The molecule has 116 valence electrons. The lowest BCUT2D eigenvalue weighted by molar-refractivity contribution is -0.126. The maximum absolute atomic E-state index is 11.8. The predicted octanol–water partition coefficient (Wildman–Crippen LogP) is 5.15. The van der Waals surface area contributed by atoms with Crippen molar-refractivity contribution in [2.24, 2.45) is 35.0 Å². The van der Waals surface area contributed by atoms with Crippen molar-refractivity contribution in [3.05, 3.63) is 11.6 Å². The second kappa shape index (κ2) is 4.96. The average molecular weight is 286 g/mol. The Bertz CT molecular complexity index is 476. The highest BCUT2D eigenvalue weighted by Crippen LogP contribution is 2.63. The number of rotatable bonds is 0. The smallest absolute Gasteiger partial charge is 0.133 e. The Balaban J connectivity index is 1.59. The van der Waals surface area contributed by atoms with Crippen molar-refractivity contribution >= 4 is 5.78 Å². The zero-order chi connectivity index (χ0) is 14.6. The van der Waals surface area contributed by atoms with Crippen molar-refractivity contribution in [2.75, 3.05) is 0 Å². The van der Waals surface area contributed by atoms with Crippen molar-refractivity contribution in [2.45, 2.75) is 71.6 Å². The molecule has 0 N–H and O–H groups in total. The van der Waals surface area contributed by atoms with E-state index >= 15 is 0 Å². The fraction of sp³-hybridized carbons (Fsp3) is 0.850. The van der Waals surface area contributed by atoms with Gasteiger partial charge in [-0.25, -0.2) is 0 Å². The molecule has 0 amide bonds. The summed E-state index contributed by atoms with van der Waals surface area (Å²) in [6, 6.07) is 0. The average Bonchev–Trinajstić information content (AvgIpc) is 2.83. The zero-order valence-corrected chi connectivity index (χ0v) is 13.7. The molecule has 0 aromatic heterocycles. The molecule has 1 nitrogen and oxygen atoms in total. The normalized spacial score (nSPS) is 51.4. The van der Waals surface area contributed by atoms with Gasteiger partial charge in [-0.05, 0) is 86.9 Å². The number of hydrogen-bond acceptors (Lipinski definition) is 1. The van der Waals surface area contributed by atoms with E-state index in [0.29, 0.717) is 11.2 Å². The predicted molar refractivity (Wildman–Crippen MR) is 85.9 cm³/mol. The van der Waals surface area contributed by atoms with Crippen molar-refractivity contribution in [3.63, 3.8) is 0 Å². The van der Waals surface area contributed by atoms with Crippen molar-refractivity contribution in [1.82, 2.24) is 0 Å². The van der Waals surface area contributed by atoms with Crippen LogP contribution < -0.4 is 0 Å². The fourth-order valence-electron chi connectivity index (χ4n) is 6.98. The van der Waals surface area contributed by atoms with Gasteiger partial charge in [0, 0.05) is 12.8 Å². The quantitative estimate of drug-likeness (QED) is 0.562. The first-order chi connectivity index (χ1) is 10.1. The van der Waals surface area contributed by atoms with E-state index in [0.717, 1.165) is 42.4 Å². The Morgan fingerprint density at radius 1 is 1.00 bits per heavy atom. The number of hydrogen-bond donors (Lipinski definition) is 0. The summed E-state index contributed by atoms with van der Waals surface area (Å²) in [4.78, 5) is 11.8. The Kier molecular flexibility index (Phi) is 3.32. The second-order valence-electron chi connectivity index (χ2n) is 8.53. The maximum Gasteiger partial charge on any atom is 0.133 e. The summed E-state index contributed by atoms with van der Waals surface area (Å²) in [5.41, 5.74) is 2.28. The highest BCUT2D eigenvalue weighted by molar-refractivity contribution is 5.79. The number of allylic oxidation sites excluding steroid dienone is 2. The Labute approximate surface area is 129 Å². The summed E-state index contributed by atoms with van der Waals surface area (Å²) in [5, 5.41) is 0. The van der Waals surface area contributed by atoms with Crippen LogP contribution in [0.2, 0.25) is 0 Å². The Morgan fingerprint density at radius 2 is 1.86 bits per heavy atom. The molecule has 0 aliphatic heterocycles. The summed E-state index contributed by atoms with van der Waals surface area (Å²) in [5.74, 6) is 5.05. The van der Waals surface area contributed by atoms with E-state index < -0.39 is 0 Å². The minimum Gasteiger partial charge on any atom is -0.300 e. The van der Waals surface area contributed by atoms with Crippen LogP contribution in [0, 0.1) is 35.0 Å².